The maximum Gasteiger partial charge on any atom is 0.221 e. The van der Waals surface area contributed by atoms with Gasteiger partial charge in [-0.05, 0) is 29.3 Å². The number of amides is 1. The van der Waals surface area contributed by atoms with Gasteiger partial charge >= 0.3 is 0 Å². The Bertz CT molecular complexity index is 629. The van der Waals surface area contributed by atoms with Gasteiger partial charge in [0.15, 0.2) is 0 Å². The fourth-order valence-electron chi connectivity index (χ4n) is 2.13. The highest BCUT2D eigenvalue weighted by Gasteiger charge is 2.08. The molecule has 0 aliphatic heterocycles. The van der Waals surface area contributed by atoms with Crippen LogP contribution in [0.25, 0.3) is 0 Å². The Kier molecular flexibility index (Phi) is 5.95. The van der Waals surface area contributed by atoms with E-state index in [0.717, 1.165) is 16.8 Å². The first-order valence-electron chi connectivity index (χ1n) is 7.06. The third kappa shape index (κ3) is 4.84. The Morgan fingerprint density at radius 2 is 1.86 bits per heavy atom. The van der Waals surface area contributed by atoms with Crippen molar-refractivity contribution in [2.45, 2.75) is 19.6 Å². The van der Waals surface area contributed by atoms with Crippen LogP contribution in [0.15, 0.2) is 48.5 Å². The minimum Gasteiger partial charge on any atom is -0.387 e. The molecule has 0 aliphatic carbocycles. The molecule has 0 bridgehead atoms. The summed E-state index contributed by atoms with van der Waals surface area (Å²) in [6, 6.07) is 14.7. The molecule has 2 rings (SSSR count). The summed E-state index contributed by atoms with van der Waals surface area (Å²) in [5, 5.41) is 16.8. The van der Waals surface area contributed by atoms with Crippen LogP contribution in [0.5, 0.6) is 0 Å². The van der Waals surface area contributed by atoms with Crippen molar-refractivity contribution in [3.8, 4) is 0 Å². The summed E-state index contributed by atoms with van der Waals surface area (Å²) in [4.78, 5) is 11.2. The Morgan fingerprint density at radius 1 is 1.18 bits per heavy atom. The Balaban J connectivity index is 1.91. The number of carbonyl (C=O) groups excluding carboxylic acids is 1. The molecule has 0 saturated carbocycles. The molecular weight excluding hydrogens is 300 g/mol. The van der Waals surface area contributed by atoms with Gasteiger partial charge in [0.05, 0.1) is 6.10 Å². The number of hydrogen-bond donors (Lipinski definition) is 3. The lowest BCUT2D eigenvalue weighted by molar-refractivity contribution is -0.114. The van der Waals surface area contributed by atoms with E-state index in [4.69, 9.17) is 11.6 Å². The molecule has 0 spiro atoms. The van der Waals surface area contributed by atoms with Crippen LogP contribution < -0.4 is 10.6 Å². The van der Waals surface area contributed by atoms with Crippen molar-refractivity contribution in [3.05, 3.63) is 64.7 Å². The second-order valence-corrected chi connectivity index (χ2v) is 5.47. The van der Waals surface area contributed by atoms with Crippen LogP contribution in [0.3, 0.4) is 0 Å². The van der Waals surface area contributed by atoms with Gasteiger partial charge in [0.1, 0.15) is 0 Å². The van der Waals surface area contributed by atoms with Crippen LogP contribution in [0, 0.1) is 0 Å². The van der Waals surface area contributed by atoms with Gasteiger partial charge in [-0.15, -0.1) is 0 Å². The minimum atomic E-state index is -0.606. The number of carbonyl (C=O) groups is 1. The first-order chi connectivity index (χ1) is 10.6. The van der Waals surface area contributed by atoms with Gasteiger partial charge in [0.25, 0.3) is 0 Å². The second kappa shape index (κ2) is 7.94. The fourth-order valence-corrected chi connectivity index (χ4v) is 2.26. The van der Waals surface area contributed by atoms with Crippen molar-refractivity contribution in [2.75, 3.05) is 11.9 Å². The normalized spacial score (nSPS) is 12.0. The molecule has 0 saturated heterocycles. The maximum atomic E-state index is 11.2. The van der Waals surface area contributed by atoms with E-state index in [1.54, 1.807) is 24.3 Å². The molecule has 0 radical (unpaired) electrons. The molecule has 3 N–H and O–H groups in total. The molecule has 0 heterocycles. The number of rotatable bonds is 6. The van der Waals surface area contributed by atoms with Crippen molar-refractivity contribution >= 4 is 23.2 Å². The Morgan fingerprint density at radius 3 is 2.55 bits per heavy atom. The summed E-state index contributed by atoms with van der Waals surface area (Å²) in [5.74, 6) is -0.103. The van der Waals surface area contributed by atoms with Crippen molar-refractivity contribution in [1.82, 2.24) is 5.32 Å². The van der Waals surface area contributed by atoms with Crippen molar-refractivity contribution < 1.29 is 9.90 Å². The molecular formula is C17H19ClN2O2. The van der Waals surface area contributed by atoms with E-state index in [2.05, 4.69) is 10.6 Å². The quantitative estimate of drug-likeness (QED) is 0.767. The molecule has 1 unspecified atom stereocenters. The summed E-state index contributed by atoms with van der Waals surface area (Å²) in [7, 11) is 0. The van der Waals surface area contributed by atoms with Gasteiger partial charge in [-0.1, -0.05) is 41.9 Å². The number of hydrogen-bond acceptors (Lipinski definition) is 3. The van der Waals surface area contributed by atoms with Gasteiger partial charge < -0.3 is 15.7 Å². The largest absolute Gasteiger partial charge is 0.387 e. The zero-order chi connectivity index (χ0) is 15.9. The smallest absolute Gasteiger partial charge is 0.221 e. The van der Waals surface area contributed by atoms with E-state index in [1.807, 2.05) is 24.3 Å². The summed E-state index contributed by atoms with van der Waals surface area (Å²) in [6.45, 7) is 2.45. The summed E-state index contributed by atoms with van der Waals surface area (Å²) < 4.78 is 0. The average Bonchev–Trinajstić information content (AvgIpc) is 2.49. The number of nitrogens with one attached hydrogen (secondary N) is 2. The third-order valence-corrected chi connectivity index (χ3v) is 3.49. The van der Waals surface area contributed by atoms with Crippen LogP contribution in [0.1, 0.15) is 24.2 Å². The second-order valence-electron chi connectivity index (χ2n) is 5.04. The lowest BCUT2D eigenvalue weighted by Crippen LogP contribution is -2.22. The Labute approximate surface area is 135 Å². The predicted molar refractivity (Wildman–Crippen MR) is 88.9 cm³/mol. The van der Waals surface area contributed by atoms with Crippen molar-refractivity contribution in [2.24, 2.45) is 0 Å². The van der Waals surface area contributed by atoms with Crippen LogP contribution in [-0.2, 0) is 11.3 Å². The number of aliphatic hydroxyl groups is 1. The lowest BCUT2D eigenvalue weighted by atomic mass is 10.1. The fraction of sp³-hybridized carbons (Fsp3) is 0.235. The molecule has 0 aromatic heterocycles. The topological polar surface area (TPSA) is 61.4 Å². The number of anilines is 1. The molecule has 1 atom stereocenters. The van der Waals surface area contributed by atoms with Crippen LogP contribution >= 0.6 is 11.6 Å². The standard InChI is InChI=1S/C17H19ClN2O2/c1-12(21)20-16-5-3-2-4-14(16)10-19-11-17(22)13-6-8-15(18)9-7-13/h2-9,17,19,22H,10-11H2,1H3,(H,20,21). The molecule has 0 fully saturated rings. The number of benzene rings is 2. The van der Waals surface area contributed by atoms with Crippen molar-refractivity contribution in [3.63, 3.8) is 0 Å². The molecule has 4 nitrogen and oxygen atoms in total. The molecule has 1 amide bonds. The van der Waals surface area contributed by atoms with E-state index < -0.39 is 6.10 Å². The minimum absolute atomic E-state index is 0.103. The molecule has 5 heteroatoms. The molecule has 0 aliphatic rings. The highest BCUT2D eigenvalue weighted by molar-refractivity contribution is 6.30. The van der Waals surface area contributed by atoms with E-state index >= 15 is 0 Å². The zero-order valence-electron chi connectivity index (χ0n) is 12.3. The molecule has 2 aromatic rings. The lowest BCUT2D eigenvalue weighted by Gasteiger charge is -2.14. The SMILES string of the molecule is CC(=O)Nc1ccccc1CNCC(O)c1ccc(Cl)cc1. The summed E-state index contributed by atoms with van der Waals surface area (Å²) in [6.07, 6.45) is -0.606. The summed E-state index contributed by atoms with van der Waals surface area (Å²) in [5.41, 5.74) is 2.57. The molecule has 2 aromatic carbocycles. The average molecular weight is 319 g/mol. The van der Waals surface area contributed by atoms with Crippen LogP contribution in [0.4, 0.5) is 5.69 Å². The molecule has 116 valence electrons. The highest BCUT2D eigenvalue weighted by Crippen LogP contribution is 2.17. The van der Waals surface area contributed by atoms with Gasteiger partial charge in [0.2, 0.25) is 5.91 Å². The number of aliphatic hydroxyl groups excluding tert-OH is 1. The van der Waals surface area contributed by atoms with Gasteiger partial charge in [-0.3, -0.25) is 4.79 Å². The van der Waals surface area contributed by atoms with E-state index in [9.17, 15) is 9.90 Å². The number of para-hydroxylation sites is 1. The monoisotopic (exact) mass is 318 g/mol. The van der Waals surface area contributed by atoms with Crippen LogP contribution in [-0.4, -0.2) is 17.6 Å². The third-order valence-electron chi connectivity index (χ3n) is 3.24. The van der Waals surface area contributed by atoms with Gasteiger partial charge in [0, 0.05) is 30.7 Å². The first kappa shape index (κ1) is 16.5. The van der Waals surface area contributed by atoms with E-state index in [-0.39, 0.29) is 5.91 Å². The van der Waals surface area contributed by atoms with E-state index in [0.29, 0.717) is 18.1 Å². The summed E-state index contributed by atoms with van der Waals surface area (Å²) >= 11 is 5.83. The highest BCUT2D eigenvalue weighted by atomic mass is 35.5. The Hall–Kier alpha value is -1.88. The van der Waals surface area contributed by atoms with Gasteiger partial charge in [-0.2, -0.15) is 0 Å². The molecule has 22 heavy (non-hydrogen) atoms. The predicted octanol–water partition coefficient (Wildman–Crippen LogP) is 3.12. The van der Waals surface area contributed by atoms with Crippen molar-refractivity contribution in [1.29, 1.82) is 0 Å². The first-order valence-corrected chi connectivity index (χ1v) is 7.44. The van der Waals surface area contributed by atoms with Gasteiger partial charge in [-0.25, -0.2) is 0 Å². The number of halogens is 1. The van der Waals surface area contributed by atoms with Crippen LogP contribution in [0.2, 0.25) is 5.02 Å². The van der Waals surface area contributed by atoms with E-state index in [1.165, 1.54) is 6.92 Å². The zero-order valence-corrected chi connectivity index (χ0v) is 13.1. The maximum absolute atomic E-state index is 11.2.